The van der Waals surface area contributed by atoms with Gasteiger partial charge in [-0.05, 0) is 51.1 Å². The molecule has 0 saturated carbocycles. The number of carbonyl (C=O) groups excluding carboxylic acids is 2. The van der Waals surface area contributed by atoms with Crippen molar-refractivity contribution >= 4 is 45.4 Å². The Morgan fingerprint density at radius 2 is 1.69 bits per heavy atom. The van der Waals surface area contributed by atoms with Crippen molar-refractivity contribution in [1.29, 1.82) is 0 Å². The molecule has 1 aliphatic heterocycles. The Kier molecular flexibility index (Phi) is 8.30. The van der Waals surface area contributed by atoms with Crippen LogP contribution in [0.1, 0.15) is 20.8 Å². The van der Waals surface area contributed by atoms with Gasteiger partial charge in [-0.1, -0.05) is 42.5 Å². The number of nitrogens with two attached hydrogens (primary N) is 1. The minimum atomic E-state index is -0.510. The number of nitrogen functional groups attached to an aromatic ring is 1. The van der Waals surface area contributed by atoms with Crippen LogP contribution in [0.2, 0.25) is 0 Å². The molecular weight excluding hydrogens is 534 g/mol. The van der Waals surface area contributed by atoms with E-state index < -0.39 is 11.7 Å². The normalized spacial score (nSPS) is 13.4. The van der Waals surface area contributed by atoms with E-state index >= 15 is 0 Å². The van der Waals surface area contributed by atoms with Gasteiger partial charge in [-0.25, -0.2) is 19.6 Å². The molecule has 0 unspecified atom stereocenters. The summed E-state index contributed by atoms with van der Waals surface area (Å²) in [6, 6.07) is 22.4. The molecule has 42 heavy (non-hydrogen) atoms. The summed E-state index contributed by atoms with van der Waals surface area (Å²) in [4.78, 5) is 34.9. The summed E-state index contributed by atoms with van der Waals surface area (Å²) in [5.41, 5.74) is 8.59. The molecule has 0 atom stereocenters. The number of nitrogens with one attached hydrogen (secondary N) is 1. The molecule has 1 fully saturated rings. The molecule has 1 saturated heterocycles. The molecule has 11 heteroatoms. The number of benzene rings is 3. The maximum Gasteiger partial charge on any atom is 0.435 e. The predicted molar refractivity (Wildman–Crippen MR) is 162 cm³/mol. The quantitative estimate of drug-likeness (QED) is 0.283. The Morgan fingerprint density at radius 1 is 0.952 bits per heavy atom. The summed E-state index contributed by atoms with van der Waals surface area (Å²) in [7, 11) is 0. The van der Waals surface area contributed by atoms with Gasteiger partial charge in [0.2, 0.25) is 0 Å². The zero-order valence-electron chi connectivity index (χ0n) is 23.8. The van der Waals surface area contributed by atoms with Crippen molar-refractivity contribution in [2.45, 2.75) is 26.4 Å². The number of carbonyl (C=O) groups is 2. The standard InChI is InChI=1S/C19H19N5O2.C12H14N2O2/c20-17-15-6-1-2-7-16(15)22-18(23-17)13-4-3-5-14(12-13)21-19(25)24-8-10-26-11-9-24;1-12(2,3)16-11(15)14-10-7-5-4-6-9(10)8-13-14/h1-7,12H,8-11H2,(H,21,25)(H2,20,22,23);4-8H,1-3H3. The average molecular weight is 568 g/mol. The van der Waals surface area contributed by atoms with Crippen molar-refractivity contribution in [1.82, 2.24) is 24.6 Å². The van der Waals surface area contributed by atoms with Crippen LogP contribution >= 0.6 is 0 Å². The number of rotatable bonds is 2. The number of ether oxygens (including phenoxy) is 2. The highest BCUT2D eigenvalue weighted by atomic mass is 16.6. The van der Waals surface area contributed by atoms with E-state index in [0.717, 1.165) is 27.4 Å². The zero-order chi connectivity index (χ0) is 29.7. The predicted octanol–water partition coefficient (Wildman–Crippen LogP) is 5.56. The van der Waals surface area contributed by atoms with E-state index in [2.05, 4.69) is 20.4 Å². The first-order valence-electron chi connectivity index (χ1n) is 13.6. The lowest BCUT2D eigenvalue weighted by Crippen LogP contribution is -2.43. The Morgan fingerprint density at radius 3 is 2.48 bits per heavy atom. The Hall–Kier alpha value is -5.03. The molecule has 2 amide bonds. The number of anilines is 2. The molecule has 216 valence electrons. The van der Waals surface area contributed by atoms with E-state index in [1.807, 2.05) is 93.6 Å². The summed E-state index contributed by atoms with van der Waals surface area (Å²) in [5, 5.41) is 8.69. The minimum Gasteiger partial charge on any atom is -0.442 e. The molecule has 3 aromatic carbocycles. The summed E-state index contributed by atoms with van der Waals surface area (Å²) in [6.07, 6.45) is 1.20. The van der Waals surface area contributed by atoms with Crippen LogP contribution in [-0.2, 0) is 9.47 Å². The highest BCUT2D eigenvalue weighted by molar-refractivity contribution is 5.91. The van der Waals surface area contributed by atoms with Gasteiger partial charge in [-0.2, -0.15) is 9.78 Å². The first kappa shape index (κ1) is 28.5. The number of hydrogen-bond acceptors (Lipinski definition) is 8. The van der Waals surface area contributed by atoms with Crippen LogP contribution in [0.4, 0.5) is 21.1 Å². The van der Waals surface area contributed by atoms with Gasteiger partial charge < -0.3 is 25.4 Å². The summed E-state index contributed by atoms with van der Waals surface area (Å²) >= 11 is 0. The first-order valence-corrected chi connectivity index (χ1v) is 13.6. The lowest BCUT2D eigenvalue weighted by Gasteiger charge is -2.27. The fourth-order valence-corrected chi connectivity index (χ4v) is 4.36. The second-order valence-electron chi connectivity index (χ2n) is 10.7. The van der Waals surface area contributed by atoms with Gasteiger partial charge >= 0.3 is 12.1 Å². The van der Waals surface area contributed by atoms with Crippen molar-refractivity contribution in [3.05, 3.63) is 79.0 Å². The average Bonchev–Trinajstić information content (AvgIpc) is 3.42. The lowest BCUT2D eigenvalue weighted by atomic mass is 10.1. The van der Waals surface area contributed by atoms with E-state index in [1.54, 1.807) is 11.1 Å². The van der Waals surface area contributed by atoms with Crippen molar-refractivity contribution in [3.63, 3.8) is 0 Å². The maximum absolute atomic E-state index is 12.4. The van der Waals surface area contributed by atoms with Crippen LogP contribution < -0.4 is 11.1 Å². The van der Waals surface area contributed by atoms with Crippen LogP contribution in [0.25, 0.3) is 33.2 Å². The van der Waals surface area contributed by atoms with E-state index in [0.29, 0.717) is 43.6 Å². The number of hydrogen-bond donors (Lipinski definition) is 2. The van der Waals surface area contributed by atoms with E-state index in [1.165, 1.54) is 4.68 Å². The molecule has 11 nitrogen and oxygen atoms in total. The number of para-hydroxylation sites is 2. The topological polar surface area (TPSA) is 137 Å². The fourth-order valence-electron chi connectivity index (χ4n) is 4.36. The van der Waals surface area contributed by atoms with Gasteiger partial charge in [0.15, 0.2) is 5.82 Å². The molecule has 3 heterocycles. The smallest absolute Gasteiger partial charge is 0.435 e. The number of morpholine rings is 1. The number of fused-ring (bicyclic) bond motifs is 2. The van der Waals surface area contributed by atoms with E-state index in [-0.39, 0.29) is 6.03 Å². The maximum atomic E-state index is 12.4. The molecule has 6 rings (SSSR count). The Balaban J connectivity index is 0.000000189. The number of nitrogens with zero attached hydrogens (tertiary/aromatic N) is 5. The molecule has 3 N–H and O–H groups in total. The van der Waals surface area contributed by atoms with Gasteiger partial charge in [0.1, 0.15) is 11.4 Å². The molecule has 0 radical (unpaired) electrons. The number of amides is 2. The second-order valence-corrected chi connectivity index (χ2v) is 10.7. The van der Waals surface area contributed by atoms with Gasteiger partial charge in [0.25, 0.3) is 0 Å². The van der Waals surface area contributed by atoms with Crippen LogP contribution in [0.15, 0.2) is 79.0 Å². The van der Waals surface area contributed by atoms with Crippen LogP contribution in [0.5, 0.6) is 0 Å². The van der Waals surface area contributed by atoms with Gasteiger partial charge in [0.05, 0.1) is 30.4 Å². The fraction of sp³-hybridized carbons (Fsp3) is 0.258. The van der Waals surface area contributed by atoms with Crippen molar-refractivity contribution in [2.24, 2.45) is 0 Å². The number of urea groups is 1. The third-order valence-corrected chi connectivity index (χ3v) is 6.35. The highest BCUT2D eigenvalue weighted by Gasteiger charge is 2.20. The monoisotopic (exact) mass is 567 g/mol. The zero-order valence-corrected chi connectivity index (χ0v) is 23.8. The molecule has 2 aromatic heterocycles. The van der Waals surface area contributed by atoms with Gasteiger partial charge in [-0.15, -0.1) is 0 Å². The minimum absolute atomic E-state index is 0.135. The van der Waals surface area contributed by atoms with E-state index in [4.69, 9.17) is 15.2 Å². The molecule has 0 bridgehead atoms. The van der Waals surface area contributed by atoms with Crippen LogP contribution in [-0.4, -0.2) is 68.7 Å². The third-order valence-electron chi connectivity index (χ3n) is 6.35. The van der Waals surface area contributed by atoms with Gasteiger partial charge in [0, 0.05) is 35.1 Å². The SMILES string of the molecule is CC(C)(C)OC(=O)n1ncc2ccccc21.Nc1nc(-c2cccc(NC(=O)N3CCOCC3)c2)nc2ccccc12. The summed E-state index contributed by atoms with van der Waals surface area (Å²) < 4.78 is 11.8. The Bertz CT molecular complexity index is 1720. The highest BCUT2D eigenvalue weighted by Crippen LogP contribution is 2.25. The molecule has 5 aromatic rings. The largest absolute Gasteiger partial charge is 0.442 e. The first-order chi connectivity index (χ1) is 20.2. The molecule has 0 aliphatic carbocycles. The molecule has 1 aliphatic rings. The molecule has 0 spiro atoms. The second kappa shape index (κ2) is 12.2. The third kappa shape index (κ3) is 6.81. The van der Waals surface area contributed by atoms with E-state index in [9.17, 15) is 9.59 Å². The van der Waals surface area contributed by atoms with Crippen LogP contribution in [0.3, 0.4) is 0 Å². The van der Waals surface area contributed by atoms with Crippen molar-refractivity contribution < 1.29 is 19.1 Å². The summed E-state index contributed by atoms with van der Waals surface area (Å²) in [6.45, 7) is 7.81. The molecular formula is C31H33N7O4. The van der Waals surface area contributed by atoms with Crippen LogP contribution in [0, 0.1) is 0 Å². The lowest BCUT2D eigenvalue weighted by molar-refractivity contribution is 0.0522. The van der Waals surface area contributed by atoms with Crippen molar-refractivity contribution in [3.8, 4) is 11.4 Å². The van der Waals surface area contributed by atoms with Gasteiger partial charge in [-0.3, -0.25) is 0 Å². The van der Waals surface area contributed by atoms with Crippen molar-refractivity contribution in [2.75, 3.05) is 37.4 Å². The number of aromatic nitrogens is 4. The Labute approximate surface area is 243 Å². The summed E-state index contributed by atoms with van der Waals surface area (Å²) in [5.74, 6) is 0.969.